The largest absolute Gasteiger partial charge is 0.545 e. The van der Waals surface area contributed by atoms with Crippen LogP contribution < -0.4 is 9.67 Å². The molecule has 0 amide bonds. The first-order valence-electron chi connectivity index (χ1n) is 8.62. The summed E-state index contributed by atoms with van der Waals surface area (Å²) >= 11 is 0. The molecule has 0 aliphatic carbocycles. The van der Waals surface area contributed by atoms with Gasteiger partial charge in [0, 0.05) is 17.7 Å². The highest BCUT2D eigenvalue weighted by molar-refractivity contribution is 6.15. The Labute approximate surface area is 152 Å². The normalized spacial score (nSPS) is 11.2. The molecule has 0 fully saturated rings. The fraction of sp³-hybridized carbons (Fsp3) is 0.130. The molecule has 0 N–H and O–H groups in total. The lowest BCUT2D eigenvalue weighted by atomic mass is 9.90. The van der Waals surface area contributed by atoms with Crippen LogP contribution in [0.5, 0.6) is 0 Å². The van der Waals surface area contributed by atoms with E-state index >= 15 is 0 Å². The van der Waals surface area contributed by atoms with Crippen LogP contribution >= 0.6 is 0 Å². The van der Waals surface area contributed by atoms with E-state index in [9.17, 15) is 9.90 Å². The first-order chi connectivity index (χ1) is 12.5. The molecule has 26 heavy (non-hydrogen) atoms. The van der Waals surface area contributed by atoms with Crippen molar-refractivity contribution in [2.75, 3.05) is 0 Å². The maximum Gasteiger partial charge on any atom is 0.214 e. The Morgan fingerprint density at radius 2 is 1.46 bits per heavy atom. The highest BCUT2D eigenvalue weighted by Gasteiger charge is 2.22. The SMILES string of the molecule is Cc1cccc(C)c1-c1cccc2c1c(C(=O)[O-])c1ccccc1[n+]2C. The second kappa shape index (κ2) is 5.95. The van der Waals surface area contributed by atoms with Crippen LogP contribution in [0.3, 0.4) is 0 Å². The first kappa shape index (κ1) is 16.3. The van der Waals surface area contributed by atoms with Gasteiger partial charge in [-0.1, -0.05) is 42.5 Å². The maximum absolute atomic E-state index is 12.2. The molecule has 0 spiro atoms. The number of pyridine rings is 1. The molecule has 0 unspecified atom stereocenters. The van der Waals surface area contributed by atoms with Crippen LogP contribution in [-0.4, -0.2) is 5.97 Å². The van der Waals surface area contributed by atoms with Gasteiger partial charge in [0.2, 0.25) is 11.0 Å². The van der Waals surface area contributed by atoms with E-state index in [0.29, 0.717) is 5.39 Å². The Balaban J connectivity index is 2.30. The molecular formula is C23H19NO2. The van der Waals surface area contributed by atoms with E-state index in [1.165, 1.54) is 0 Å². The van der Waals surface area contributed by atoms with Gasteiger partial charge in [0.05, 0.1) is 16.7 Å². The number of nitrogens with zero attached hydrogens (tertiary/aromatic N) is 1. The van der Waals surface area contributed by atoms with Gasteiger partial charge in [-0.05, 0) is 42.2 Å². The minimum atomic E-state index is -1.15. The molecule has 0 saturated carbocycles. The third-order valence-electron chi connectivity index (χ3n) is 5.14. The summed E-state index contributed by atoms with van der Waals surface area (Å²) in [4.78, 5) is 12.2. The summed E-state index contributed by atoms with van der Waals surface area (Å²) in [5, 5.41) is 13.6. The van der Waals surface area contributed by atoms with E-state index in [1.54, 1.807) is 0 Å². The zero-order chi connectivity index (χ0) is 18.4. The summed E-state index contributed by atoms with van der Waals surface area (Å²) in [5.41, 5.74) is 6.26. The van der Waals surface area contributed by atoms with Crippen LogP contribution in [0.1, 0.15) is 21.5 Å². The number of rotatable bonds is 2. The fourth-order valence-corrected chi connectivity index (χ4v) is 3.98. The lowest BCUT2D eigenvalue weighted by Crippen LogP contribution is -2.33. The molecule has 0 saturated heterocycles. The van der Waals surface area contributed by atoms with Gasteiger partial charge in [0.1, 0.15) is 7.05 Å². The number of aromatic nitrogens is 1. The minimum Gasteiger partial charge on any atom is -0.545 e. The number of para-hydroxylation sites is 1. The number of carboxylic acids is 1. The van der Waals surface area contributed by atoms with Crippen LogP contribution in [0, 0.1) is 13.8 Å². The average Bonchev–Trinajstić information content (AvgIpc) is 2.62. The van der Waals surface area contributed by atoms with Crippen molar-refractivity contribution in [2.24, 2.45) is 7.05 Å². The fourth-order valence-electron chi connectivity index (χ4n) is 3.98. The van der Waals surface area contributed by atoms with E-state index in [4.69, 9.17) is 0 Å². The molecule has 0 bridgehead atoms. The number of fused-ring (bicyclic) bond motifs is 2. The Morgan fingerprint density at radius 3 is 2.15 bits per heavy atom. The number of aromatic carboxylic acids is 1. The second-order valence-corrected chi connectivity index (χ2v) is 6.71. The molecule has 3 nitrogen and oxygen atoms in total. The third-order valence-corrected chi connectivity index (χ3v) is 5.14. The Bertz CT molecular complexity index is 1170. The Morgan fingerprint density at radius 1 is 0.846 bits per heavy atom. The molecule has 0 aliphatic heterocycles. The molecule has 4 aromatic rings. The standard InChI is InChI=1S/C23H19NO2/c1-14-8-6-9-15(2)20(14)17-11-7-13-19-21(17)22(23(25)26)16-10-4-5-12-18(16)24(19)3/h4-13H,1-3H3. The second-order valence-electron chi connectivity index (χ2n) is 6.71. The lowest BCUT2D eigenvalue weighted by molar-refractivity contribution is -0.617. The van der Waals surface area contributed by atoms with Gasteiger partial charge in [0.25, 0.3) is 0 Å². The molecule has 3 aromatic carbocycles. The summed E-state index contributed by atoms with van der Waals surface area (Å²) in [6.07, 6.45) is 0. The number of hydrogen-bond acceptors (Lipinski definition) is 2. The highest BCUT2D eigenvalue weighted by atomic mass is 16.4. The highest BCUT2D eigenvalue weighted by Crippen LogP contribution is 2.36. The molecule has 1 aromatic heterocycles. The average molecular weight is 341 g/mol. The first-order valence-corrected chi connectivity index (χ1v) is 8.62. The summed E-state index contributed by atoms with van der Waals surface area (Å²) in [5.74, 6) is -1.15. The molecular weight excluding hydrogens is 322 g/mol. The van der Waals surface area contributed by atoms with Crippen molar-refractivity contribution in [1.29, 1.82) is 0 Å². The van der Waals surface area contributed by atoms with Crippen LogP contribution in [-0.2, 0) is 7.05 Å². The maximum atomic E-state index is 12.2. The molecule has 0 atom stereocenters. The number of aryl methyl sites for hydroxylation is 3. The van der Waals surface area contributed by atoms with Crippen molar-refractivity contribution in [3.63, 3.8) is 0 Å². The van der Waals surface area contributed by atoms with Crippen molar-refractivity contribution in [2.45, 2.75) is 13.8 Å². The van der Waals surface area contributed by atoms with E-state index in [0.717, 1.165) is 38.7 Å². The summed E-state index contributed by atoms with van der Waals surface area (Å²) < 4.78 is 2.05. The van der Waals surface area contributed by atoms with Gasteiger partial charge in [0.15, 0.2) is 0 Å². The van der Waals surface area contributed by atoms with Crippen LogP contribution in [0.15, 0.2) is 60.7 Å². The minimum absolute atomic E-state index is 0.256. The van der Waals surface area contributed by atoms with Crippen molar-refractivity contribution in [1.82, 2.24) is 0 Å². The van der Waals surface area contributed by atoms with Crippen molar-refractivity contribution in [3.8, 4) is 11.1 Å². The zero-order valence-corrected chi connectivity index (χ0v) is 15.0. The Kier molecular flexibility index (Phi) is 3.73. The lowest BCUT2D eigenvalue weighted by Gasteiger charge is -2.16. The van der Waals surface area contributed by atoms with Crippen molar-refractivity contribution in [3.05, 3.63) is 77.4 Å². The summed E-state index contributed by atoms with van der Waals surface area (Å²) in [6.45, 7) is 4.11. The van der Waals surface area contributed by atoms with Crippen molar-refractivity contribution >= 4 is 27.8 Å². The van der Waals surface area contributed by atoms with Gasteiger partial charge in [-0.25, -0.2) is 0 Å². The molecule has 0 aliphatic rings. The predicted molar refractivity (Wildman–Crippen MR) is 102 cm³/mol. The summed E-state index contributed by atoms with van der Waals surface area (Å²) in [7, 11) is 1.97. The molecule has 4 rings (SSSR count). The number of hydrogen-bond donors (Lipinski definition) is 0. The molecule has 3 heteroatoms. The topological polar surface area (TPSA) is 44.0 Å². The van der Waals surface area contributed by atoms with Crippen molar-refractivity contribution < 1.29 is 14.5 Å². The van der Waals surface area contributed by atoms with E-state index in [-0.39, 0.29) is 5.56 Å². The van der Waals surface area contributed by atoms with E-state index in [1.807, 2.05) is 60.1 Å². The van der Waals surface area contributed by atoms with Crippen LogP contribution in [0.25, 0.3) is 32.9 Å². The number of carbonyl (C=O) groups is 1. The monoisotopic (exact) mass is 341 g/mol. The van der Waals surface area contributed by atoms with Gasteiger partial charge in [-0.2, -0.15) is 4.57 Å². The van der Waals surface area contributed by atoms with Crippen LogP contribution in [0.4, 0.5) is 0 Å². The van der Waals surface area contributed by atoms with Gasteiger partial charge >= 0.3 is 0 Å². The summed E-state index contributed by atoms with van der Waals surface area (Å²) in [6, 6.07) is 19.6. The Hall–Kier alpha value is -3.20. The molecule has 1 heterocycles. The zero-order valence-electron chi connectivity index (χ0n) is 15.0. The molecule has 128 valence electrons. The number of carboxylic acid groups (broad SMARTS) is 1. The van der Waals surface area contributed by atoms with Crippen LogP contribution in [0.2, 0.25) is 0 Å². The van der Waals surface area contributed by atoms with Gasteiger partial charge in [-0.15, -0.1) is 0 Å². The third kappa shape index (κ3) is 2.28. The van der Waals surface area contributed by atoms with Gasteiger partial charge in [-0.3, -0.25) is 0 Å². The van der Waals surface area contributed by atoms with E-state index in [2.05, 4.69) is 26.0 Å². The van der Waals surface area contributed by atoms with E-state index < -0.39 is 5.97 Å². The van der Waals surface area contributed by atoms with Gasteiger partial charge < -0.3 is 9.90 Å². The number of benzene rings is 3. The number of carbonyl (C=O) groups excluding carboxylic acids is 1. The predicted octanol–water partition coefficient (Wildman–Crippen LogP) is 3.46. The smallest absolute Gasteiger partial charge is 0.214 e. The quantitative estimate of drug-likeness (QED) is 0.414. The molecule has 0 radical (unpaired) electrons.